The first kappa shape index (κ1) is 11.9. The molecule has 1 N–H and O–H groups in total. The molecule has 0 atom stereocenters. The molecule has 0 amide bonds. The number of carbonyl (C=O) groups is 1. The normalized spacial score (nSPS) is 8.11. The molecule has 4 heteroatoms. The minimum absolute atomic E-state index is 0.222. The summed E-state index contributed by atoms with van der Waals surface area (Å²) < 4.78 is 0.222. The summed E-state index contributed by atoms with van der Waals surface area (Å²) in [6.45, 7) is 3.49. The number of aliphatic carboxylic acids is 1. The van der Waals surface area contributed by atoms with E-state index in [-0.39, 0.29) is 11.0 Å². The van der Waals surface area contributed by atoms with Crippen LogP contribution in [0.1, 0.15) is 20.3 Å². The van der Waals surface area contributed by atoms with Gasteiger partial charge in [-0.1, -0.05) is 6.92 Å². The lowest BCUT2D eigenvalue weighted by atomic mass is 10.5. The summed E-state index contributed by atoms with van der Waals surface area (Å²) in [4.78, 5) is 9.37. The van der Waals surface area contributed by atoms with Crippen molar-refractivity contribution in [3.05, 3.63) is 0 Å². The third-order valence-electron chi connectivity index (χ3n) is 0.302. The van der Waals surface area contributed by atoms with E-state index in [9.17, 15) is 4.79 Å². The molecule has 0 radical (unpaired) electrons. The van der Waals surface area contributed by atoms with Crippen LogP contribution in [-0.4, -0.2) is 15.7 Å². The summed E-state index contributed by atoms with van der Waals surface area (Å²) in [5.74, 6) is -0.745. The van der Waals surface area contributed by atoms with E-state index < -0.39 is 5.97 Å². The molecule has 56 valence electrons. The third kappa shape index (κ3) is 66.1. The first-order chi connectivity index (χ1) is 4.00. The van der Waals surface area contributed by atoms with Crippen molar-refractivity contribution in [3.8, 4) is 0 Å². The Morgan fingerprint density at radius 3 is 1.78 bits per heavy atom. The van der Waals surface area contributed by atoms with Crippen molar-refractivity contribution in [1.29, 1.82) is 0 Å². The average molecular weight is 168 g/mol. The highest BCUT2D eigenvalue weighted by Gasteiger charge is 1.80. The van der Waals surface area contributed by atoms with Gasteiger partial charge in [0, 0.05) is 11.0 Å². The van der Waals surface area contributed by atoms with Crippen molar-refractivity contribution in [2.45, 2.75) is 24.9 Å². The largest absolute Gasteiger partial charge is 0.481 e. The Hall–Kier alpha value is 0.170. The molecular weight excluding hydrogens is 156 g/mol. The van der Waals surface area contributed by atoms with Crippen LogP contribution in [0.15, 0.2) is 0 Å². The Morgan fingerprint density at radius 2 is 1.78 bits per heavy atom. The second-order valence-electron chi connectivity index (χ2n) is 1.38. The maximum atomic E-state index is 9.37. The molecule has 0 aliphatic heterocycles. The zero-order chi connectivity index (χ0) is 7.86. The number of carboxylic acid groups (broad SMARTS) is 1. The predicted molar refractivity (Wildman–Crippen MR) is 45.4 cm³/mol. The van der Waals surface area contributed by atoms with Crippen LogP contribution < -0.4 is 0 Å². The minimum atomic E-state index is -0.745. The molecule has 0 aromatic heterocycles. The summed E-state index contributed by atoms with van der Waals surface area (Å²) in [7, 11) is 0. The quantitative estimate of drug-likeness (QED) is 0.411. The Kier molecular flexibility index (Phi) is 10.8. The Morgan fingerprint density at radius 1 is 1.67 bits per heavy atom. The Balaban J connectivity index is 0. The van der Waals surface area contributed by atoms with Gasteiger partial charge >= 0.3 is 5.97 Å². The molecule has 0 saturated carbocycles. The van der Waals surface area contributed by atoms with E-state index in [1.807, 2.05) is 6.92 Å². The van der Waals surface area contributed by atoms with E-state index in [0.29, 0.717) is 0 Å². The van der Waals surface area contributed by atoms with E-state index in [1.54, 1.807) is 6.92 Å². The van der Waals surface area contributed by atoms with Crippen molar-refractivity contribution in [2.24, 2.45) is 0 Å². The summed E-state index contributed by atoms with van der Waals surface area (Å²) >= 11 is 7.66. The lowest BCUT2D eigenvalue weighted by molar-refractivity contribution is -0.136. The first-order valence-electron chi connectivity index (χ1n) is 2.58. The molecule has 0 saturated heterocycles. The third-order valence-corrected chi connectivity index (χ3v) is 0.302. The van der Waals surface area contributed by atoms with Gasteiger partial charge in [-0.3, -0.25) is 4.79 Å². The Labute approximate surface area is 66.5 Å². The van der Waals surface area contributed by atoms with Crippen LogP contribution in [0.25, 0.3) is 0 Å². The van der Waals surface area contributed by atoms with Gasteiger partial charge in [-0.25, -0.2) is 0 Å². The van der Waals surface area contributed by atoms with Gasteiger partial charge in [0.15, 0.2) is 0 Å². The summed E-state index contributed by atoms with van der Waals surface area (Å²) in [5.41, 5.74) is 0. The van der Waals surface area contributed by atoms with Crippen LogP contribution in [-0.2, 0) is 4.79 Å². The van der Waals surface area contributed by atoms with E-state index in [1.165, 1.54) is 0 Å². The molecule has 9 heavy (non-hydrogen) atoms. The molecule has 0 aromatic rings. The molecule has 0 spiro atoms. The van der Waals surface area contributed by atoms with Gasteiger partial charge in [-0.15, -0.1) is 0 Å². The molecule has 0 heterocycles. The number of thiol groups is 2. The summed E-state index contributed by atoms with van der Waals surface area (Å²) in [6, 6.07) is 0. The molecule has 0 fully saturated rings. The molecule has 0 aliphatic rings. The fourth-order valence-corrected chi connectivity index (χ4v) is 0. The number of rotatable bonds is 1. The molecule has 2 nitrogen and oxygen atoms in total. The topological polar surface area (TPSA) is 37.3 Å². The van der Waals surface area contributed by atoms with E-state index >= 15 is 0 Å². The highest BCUT2D eigenvalue weighted by atomic mass is 32.2. The van der Waals surface area contributed by atoms with Gasteiger partial charge in [0.1, 0.15) is 0 Å². The van der Waals surface area contributed by atoms with Gasteiger partial charge in [0.2, 0.25) is 0 Å². The molecule has 0 aliphatic carbocycles. The molecule has 0 unspecified atom stereocenters. The number of hydrogen-bond acceptors (Lipinski definition) is 3. The first-order valence-corrected chi connectivity index (χ1v) is 3.61. The van der Waals surface area contributed by atoms with Gasteiger partial charge in [0.25, 0.3) is 0 Å². The molecule has 0 bridgehead atoms. The van der Waals surface area contributed by atoms with Gasteiger partial charge in [-0.2, -0.15) is 25.3 Å². The van der Waals surface area contributed by atoms with E-state index in [4.69, 9.17) is 5.11 Å². The van der Waals surface area contributed by atoms with Crippen molar-refractivity contribution in [3.63, 3.8) is 0 Å². The van der Waals surface area contributed by atoms with Crippen LogP contribution in [0.3, 0.4) is 0 Å². The molecule has 0 aromatic carbocycles. The van der Waals surface area contributed by atoms with Crippen LogP contribution in [0, 0.1) is 0 Å². The average Bonchev–Trinajstić information content (AvgIpc) is 1.65. The summed E-state index contributed by atoms with van der Waals surface area (Å²) in [6.07, 6.45) is 0.222. The lowest BCUT2D eigenvalue weighted by Crippen LogP contribution is -1.86. The number of hydrogen-bond donors (Lipinski definition) is 3. The van der Waals surface area contributed by atoms with Crippen molar-refractivity contribution in [2.75, 3.05) is 0 Å². The van der Waals surface area contributed by atoms with Crippen LogP contribution in [0.5, 0.6) is 0 Å². The van der Waals surface area contributed by atoms with Crippen LogP contribution in [0.2, 0.25) is 0 Å². The maximum Gasteiger partial charge on any atom is 0.303 e. The standard InChI is InChI=1S/C3H6O2.C2H6S2/c1-2-3(4)5;1-2(3)4/h2H2,1H3,(H,4,5);2-4H,1H3. The Bertz CT molecular complexity index is 70.6. The van der Waals surface area contributed by atoms with E-state index in [2.05, 4.69) is 25.3 Å². The van der Waals surface area contributed by atoms with Gasteiger partial charge in [-0.05, 0) is 6.92 Å². The van der Waals surface area contributed by atoms with Gasteiger partial charge in [0.05, 0.1) is 0 Å². The molecular formula is C5H12O2S2. The fourth-order valence-electron chi connectivity index (χ4n) is 0. The van der Waals surface area contributed by atoms with Crippen LogP contribution >= 0.6 is 25.3 Å². The second kappa shape index (κ2) is 8.17. The highest BCUT2D eigenvalue weighted by molar-refractivity contribution is 7.99. The zero-order valence-electron chi connectivity index (χ0n) is 5.53. The lowest BCUT2D eigenvalue weighted by Gasteiger charge is -1.78. The number of carboxylic acids is 1. The van der Waals surface area contributed by atoms with E-state index in [0.717, 1.165) is 0 Å². The maximum absolute atomic E-state index is 9.37. The smallest absolute Gasteiger partial charge is 0.303 e. The van der Waals surface area contributed by atoms with Crippen molar-refractivity contribution >= 4 is 31.2 Å². The monoisotopic (exact) mass is 168 g/mol. The second-order valence-corrected chi connectivity index (χ2v) is 3.34. The van der Waals surface area contributed by atoms with Crippen molar-refractivity contribution < 1.29 is 9.90 Å². The minimum Gasteiger partial charge on any atom is -0.481 e. The zero-order valence-corrected chi connectivity index (χ0v) is 7.32. The predicted octanol–water partition coefficient (Wildman–Crippen LogP) is 1.67. The van der Waals surface area contributed by atoms with Gasteiger partial charge < -0.3 is 5.11 Å². The SMILES string of the molecule is CC(S)S.CCC(=O)O. The van der Waals surface area contributed by atoms with Crippen molar-refractivity contribution in [1.82, 2.24) is 0 Å². The highest BCUT2D eigenvalue weighted by Crippen LogP contribution is 1.93. The fraction of sp³-hybridized carbons (Fsp3) is 0.800. The summed E-state index contributed by atoms with van der Waals surface area (Å²) in [5, 5.41) is 7.72. The molecule has 0 rings (SSSR count). The van der Waals surface area contributed by atoms with Crippen LogP contribution in [0.4, 0.5) is 0 Å².